The lowest BCUT2D eigenvalue weighted by molar-refractivity contribution is 0.304. The van der Waals surface area contributed by atoms with Crippen molar-refractivity contribution in [3.05, 3.63) is 117 Å². The van der Waals surface area contributed by atoms with Crippen LogP contribution in [0, 0.1) is 37.5 Å². The van der Waals surface area contributed by atoms with Crippen molar-refractivity contribution < 1.29 is 9.47 Å². The Kier molecular flexibility index (Phi) is 22.2. The van der Waals surface area contributed by atoms with Gasteiger partial charge in [0, 0.05) is 26.7 Å². The SMILES string of the molecule is CCCCCCCCCCCCOc1ccc(C#Cc2cc(-c3cc(C)ccc3C)c(C#Cc3ccc(OCCCCCCCCCCCC)cc3)cc2Br)cc1. The fourth-order valence-corrected chi connectivity index (χ4v) is 7.57. The zero-order chi connectivity index (χ0) is 40.3. The van der Waals surface area contributed by atoms with Crippen molar-refractivity contribution in [3.63, 3.8) is 0 Å². The van der Waals surface area contributed by atoms with E-state index < -0.39 is 0 Å². The third kappa shape index (κ3) is 18.0. The lowest BCUT2D eigenvalue weighted by atomic mass is 9.93. The third-order valence-corrected chi connectivity index (χ3v) is 11.4. The quantitative estimate of drug-likeness (QED) is 0.0489. The van der Waals surface area contributed by atoms with Crippen LogP contribution < -0.4 is 9.47 Å². The molecule has 0 unspecified atom stereocenters. The molecule has 57 heavy (non-hydrogen) atoms. The van der Waals surface area contributed by atoms with Crippen molar-refractivity contribution in [2.45, 2.75) is 156 Å². The Bertz CT molecular complexity index is 1850. The molecule has 0 aromatic heterocycles. The number of unbranched alkanes of at least 4 members (excludes halogenated alkanes) is 18. The minimum Gasteiger partial charge on any atom is -0.494 e. The lowest BCUT2D eigenvalue weighted by Crippen LogP contribution is -1.97. The van der Waals surface area contributed by atoms with Gasteiger partial charge in [0.25, 0.3) is 0 Å². The molecule has 0 bridgehead atoms. The molecule has 4 aromatic carbocycles. The van der Waals surface area contributed by atoms with E-state index in [0.717, 1.165) is 69.8 Å². The summed E-state index contributed by atoms with van der Waals surface area (Å²) < 4.78 is 13.0. The van der Waals surface area contributed by atoms with Crippen LogP contribution in [0.1, 0.15) is 176 Å². The highest BCUT2D eigenvalue weighted by atomic mass is 79.9. The fraction of sp³-hybridized carbons (Fsp3) is 0.481. The summed E-state index contributed by atoms with van der Waals surface area (Å²) in [6.07, 6.45) is 26.5. The Hall–Kier alpha value is -3.92. The van der Waals surface area contributed by atoms with Gasteiger partial charge in [-0.2, -0.15) is 0 Å². The maximum Gasteiger partial charge on any atom is 0.119 e. The highest BCUT2D eigenvalue weighted by molar-refractivity contribution is 9.10. The van der Waals surface area contributed by atoms with Crippen molar-refractivity contribution in [3.8, 4) is 46.3 Å². The molecule has 0 saturated heterocycles. The molecule has 0 aliphatic rings. The average Bonchev–Trinajstić information content (AvgIpc) is 3.22. The number of halogens is 1. The Morgan fingerprint density at radius 3 is 1.30 bits per heavy atom. The molecule has 4 rings (SSSR count). The largest absolute Gasteiger partial charge is 0.494 e. The van der Waals surface area contributed by atoms with Gasteiger partial charge in [0.05, 0.1) is 13.2 Å². The van der Waals surface area contributed by atoms with E-state index in [9.17, 15) is 0 Å². The summed E-state index contributed by atoms with van der Waals surface area (Å²) in [6.45, 7) is 10.4. The van der Waals surface area contributed by atoms with Crippen LogP contribution >= 0.6 is 15.9 Å². The van der Waals surface area contributed by atoms with Gasteiger partial charge in [-0.05, 0) is 120 Å². The van der Waals surface area contributed by atoms with Crippen LogP contribution in [-0.4, -0.2) is 13.2 Å². The average molecular weight is 830 g/mol. The summed E-state index contributed by atoms with van der Waals surface area (Å²) in [6, 6.07) is 27.2. The number of benzene rings is 4. The highest BCUT2D eigenvalue weighted by Gasteiger charge is 2.11. The van der Waals surface area contributed by atoms with Crippen molar-refractivity contribution >= 4 is 15.9 Å². The number of hydrogen-bond donors (Lipinski definition) is 0. The molecule has 0 N–H and O–H groups in total. The minimum atomic E-state index is 0.767. The van der Waals surface area contributed by atoms with E-state index in [1.807, 2.05) is 24.3 Å². The van der Waals surface area contributed by atoms with Crippen molar-refractivity contribution in [2.75, 3.05) is 13.2 Å². The van der Waals surface area contributed by atoms with E-state index in [-0.39, 0.29) is 0 Å². The molecule has 2 nitrogen and oxygen atoms in total. The van der Waals surface area contributed by atoms with Crippen LogP contribution in [0.3, 0.4) is 0 Å². The van der Waals surface area contributed by atoms with E-state index in [1.54, 1.807) is 0 Å². The second-order valence-electron chi connectivity index (χ2n) is 15.8. The maximum atomic E-state index is 6.06. The number of aryl methyl sites for hydroxylation is 2. The van der Waals surface area contributed by atoms with Gasteiger partial charge in [0.1, 0.15) is 11.5 Å². The van der Waals surface area contributed by atoms with E-state index in [1.165, 1.54) is 132 Å². The smallest absolute Gasteiger partial charge is 0.119 e. The Morgan fingerprint density at radius 1 is 0.421 bits per heavy atom. The summed E-state index contributed by atoms with van der Waals surface area (Å²) in [5.74, 6) is 15.5. The second-order valence-corrected chi connectivity index (χ2v) is 16.7. The first-order valence-corrected chi connectivity index (χ1v) is 23.2. The predicted octanol–water partition coefficient (Wildman–Crippen LogP) is 16.1. The second kappa shape index (κ2) is 27.7. The zero-order valence-electron chi connectivity index (χ0n) is 35.8. The number of rotatable bonds is 25. The molecule has 0 aliphatic carbocycles. The van der Waals surface area contributed by atoms with Crippen molar-refractivity contribution in [2.24, 2.45) is 0 Å². The first-order chi connectivity index (χ1) is 28.0. The molecule has 304 valence electrons. The maximum absolute atomic E-state index is 6.06. The molecule has 0 atom stereocenters. The Labute approximate surface area is 356 Å². The van der Waals surface area contributed by atoms with Crippen LogP contribution in [-0.2, 0) is 0 Å². The molecule has 0 fully saturated rings. The molecule has 0 amide bonds. The van der Waals surface area contributed by atoms with Crippen LogP contribution in [0.15, 0.2) is 83.3 Å². The lowest BCUT2D eigenvalue weighted by Gasteiger charge is -2.12. The zero-order valence-corrected chi connectivity index (χ0v) is 37.3. The molecule has 0 aliphatic heterocycles. The molecule has 0 heterocycles. The standard InChI is InChI=1S/C54H69BrO2/c1-5-7-9-11-13-15-17-19-21-23-39-56-50-35-29-46(30-36-50)27-33-48-43-54(55)49(42-53(48)52-41-44(3)25-26-45(52)4)34-28-47-31-37-51(38-32-47)57-40-24-22-20-18-16-14-12-10-8-6-2/h25-26,29-32,35-38,41-43H,5-24,39-40H2,1-4H3. The minimum absolute atomic E-state index is 0.767. The highest BCUT2D eigenvalue weighted by Crippen LogP contribution is 2.32. The van der Waals surface area contributed by atoms with Gasteiger partial charge in [0.2, 0.25) is 0 Å². The number of hydrogen-bond acceptors (Lipinski definition) is 2. The third-order valence-electron chi connectivity index (χ3n) is 10.7. The van der Waals surface area contributed by atoms with Crippen LogP contribution in [0.4, 0.5) is 0 Å². The summed E-state index contributed by atoms with van der Waals surface area (Å²) in [5, 5.41) is 0. The fourth-order valence-electron chi connectivity index (χ4n) is 7.13. The van der Waals surface area contributed by atoms with E-state index in [2.05, 4.69) is 122 Å². The van der Waals surface area contributed by atoms with Gasteiger partial charge in [-0.25, -0.2) is 0 Å². The molecular formula is C54H69BrO2. The van der Waals surface area contributed by atoms with Crippen molar-refractivity contribution in [1.29, 1.82) is 0 Å². The normalized spacial score (nSPS) is 10.8. The summed E-state index contributed by atoms with van der Waals surface area (Å²) >= 11 is 3.83. The molecule has 4 aromatic rings. The molecular weight excluding hydrogens is 760 g/mol. The molecule has 0 saturated carbocycles. The van der Waals surface area contributed by atoms with Gasteiger partial charge in [-0.15, -0.1) is 0 Å². The topological polar surface area (TPSA) is 18.5 Å². The molecule has 3 heteroatoms. The first-order valence-electron chi connectivity index (χ1n) is 22.4. The van der Waals surface area contributed by atoms with Gasteiger partial charge < -0.3 is 9.47 Å². The van der Waals surface area contributed by atoms with Crippen molar-refractivity contribution in [1.82, 2.24) is 0 Å². The summed E-state index contributed by atoms with van der Waals surface area (Å²) in [4.78, 5) is 0. The van der Waals surface area contributed by atoms with Gasteiger partial charge in [0.15, 0.2) is 0 Å². The van der Waals surface area contributed by atoms with E-state index >= 15 is 0 Å². The monoisotopic (exact) mass is 828 g/mol. The Morgan fingerprint density at radius 2 is 0.842 bits per heavy atom. The van der Waals surface area contributed by atoms with Gasteiger partial charge >= 0.3 is 0 Å². The van der Waals surface area contributed by atoms with Crippen LogP contribution in [0.2, 0.25) is 0 Å². The number of ether oxygens (including phenoxy) is 2. The summed E-state index contributed by atoms with van der Waals surface area (Å²) in [7, 11) is 0. The molecule has 0 spiro atoms. The van der Waals surface area contributed by atoms with E-state index in [4.69, 9.17) is 9.47 Å². The predicted molar refractivity (Wildman–Crippen MR) is 249 cm³/mol. The Balaban J connectivity index is 1.32. The van der Waals surface area contributed by atoms with Gasteiger partial charge in [-0.1, -0.05) is 177 Å². The van der Waals surface area contributed by atoms with Crippen LogP contribution in [0.5, 0.6) is 11.5 Å². The van der Waals surface area contributed by atoms with Crippen LogP contribution in [0.25, 0.3) is 11.1 Å². The summed E-state index contributed by atoms with van der Waals surface area (Å²) in [5.41, 5.74) is 8.51. The first kappa shape index (κ1) is 45.8. The van der Waals surface area contributed by atoms with Gasteiger partial charge in [-0.3, -0.25) is 0 Å². The van der Waals surface area contributed by atoms with E-state index in [0.29, 0.717) is 0 Å². The molecule has 0 radical (unpaired) electrons.